The Hall–Kier alpha value is -1.35. The first-order valence-electron chi connectivity index (χ1n) is 5.91. The Labute approximate surface area is 115 Å². The summed E-state index contributed by atoms with van der Waals surface area (Å²) in [7, 11) is 0. The van der Waals surface area contributed by atoms with E-state index in [9.17, 15) is 4.79 Å². The molecule has 0 bridgehead atoms. The summed E-state index contributed by atoms with van der Waals surface area (Å²) in [6.45, 7) is 3.73. The predicted molar refractivity (Wildman–Crippen MR) is 77.0 cm³/mol. The second-order valence-corrected chi connectivity index (χ2v) is 5.46. The monoisotopic (exact) mass is 306 g/mol. The zero-order valence-electron chi connectivity index (χ0n) is 10.4. The quantitative estimate of drug-likeness (QED) is 0.785. The van der Waals surface area contributed by atoms with Gasteiger partial charge in [-0.25, -0.2) is 0 Å². The largest absolute Gasteiger partial charge is 0.480 e. The van der Waals surface area contributed by atoms with Crippen molar-refractivity contribution in [2.45, 2.75) is 25.9 Å². The highest BCUT2D eigenvalue weighted by Crippen LogP contribution is 2.26. The van der Waals surface area contributed by atoms with E-state index in [0.717, 1.165) is 27.3 Å². The maximum absolute atomic E-state index is 11.0. The zero-order chi connectivity index (χ0) is 13.2. The number of ether oxygens (including phenoxy) is 1. The second-order valence-electron chi connectivity index (χ2n) is 4.54. The summed E-state index contributed by atoms with van der Waals surface area (Å²) in [5.74, 6) is 0.723. The molecule has 0 aromatic heterocycles. The summed E-state index contributed by atoms with van der Waals surface area (Å²) < 4.78 is 6.81. The van der Waals surface area contributed by atoms with Gasteiger partial charge >= 0.3 is 0 Å². The van der Waals surface area contributed by atoms with E-state index in [0.29, 0.717) is 6.42 Å². The van der Waals surface area contributed by atoms with E-state index >= 15 is 0 Å². The van der Waals surface area contributed by atoms with Crippen LogP contribution in [0.1, 0.15) is 20.3 Å². The minimum atomic E-state index is -0.747. The molecule has 0 aliphatic heterocycles. The summed E-state index contributed by atoms with van der Waals surface area (Å²) in [5, 5.41) is 2.24. The highest BCUT2D eigenvalue weighted by atomic mass is 79.9. The fraction of sp³-hybridized carbons (Fsp3) is 0.267. The Morgan fingerprint density at radius 3 is 2.56 bits per heavy atom. The maximum atomic E-state index is 11.0. The van der Waals surface area contributed by atoms with Gasteiger partial charge in [-0.15, -0.1) is 0 Å². The molecule has 2 aromatic rings. The third kappa shape index (κ3) is 2.72. The molecule has 0 saturated carbocycles. The Bertz CT molecular complexity index is 580. The van der Waals surface area contributed by atoms with E-state index in [-0.39, 0.29) is 0 Å². The molecule has 0 fully saturated rings. The van der Waals surface area contributed by atoms with Crippen LogP contribution in [-0.4, -0.2) is 11.9 Å². The van der Waals surface area contributed by atoms with Crippen molar-refractivity contribution >= 4 is 33.0 Å². The summed E-state index contributed by atoms with van der Waals surface area (Å²) in [6, 6.07) is 11.9. The highest BCUT2D eigenvalue weighted by molar-refractivity contribution is 9.10. The molecule has 0 heterocycles. The van der Waals surface area contributed by atoms with E-state index < -0.39 is 5.60 Å². The smallest absolute Gasteiger partial charge is 0.163 e. The molecule has 0 aliphatic carbocycles. The van der Waals surface area contributed by atoms with Gasteiger partial charge in [0.25, 0.3) is 0 Å². The molecule has 0 aliphatic rings. The lowest BCUT2D eigenvalue weighted by Gasteiger charge is -2.23. The molecule has 0 N–H and O–H groups in total. The van der Waals surface area contributed by atoms with E-state index in [4.69, 9.17) is 4.74 Å². The van der Waals surface area contributed by atoms with Crippen molar-refractivity contribution in [1.82, 2.24) is 0 Å². The third-order valence-corrected chi connectivity index (χ3v) is 3.57. The first-order valence-corrected chi connectivity index (χ1v) is 6.70. The summed E-state index contributed by atoms with van der Waals surface area (Å²) in [4.78, 5) is 11.0. The van der Waals surface area contributed by atoms with Gasteiger partial charge in [0.15, 0.2) is 11.9 Å². The Morgan fingerprint density at radius 1 is 1.22 bits per heavy atom. The molecule has 0 spiro atoms. The van der Waals surface area contributed by atoms with Crippen LogP contribution in [0.4, 0.5) is 0 Å². The van der Waals surface area contributed by atoms with Crippen LogP contribution >= 0.6 is 15.9 Å². The molecule has 0 saturated heterocycles. The SMILES string of the molecule is CCC(C)(C=O)Oc1ccc2cc(Br)ccc2c1. The van der Waals surface area contributed by atoms with Crippen LogP contribution in [0.3, 0.4) is 0 Å². The van der Waals surface area contributed by atoms with Gasteiger partial charge in [-0.1, -0.05) is 35.0 Å². The first kappa shape index (κ1) is 13.1. The van der Waals surface area contributed by atoms with E-state index in [1.165, 1.54) is 0 Å². The standard InChI is InChI=1S/C15H15BrO2/c1-3-15(2,10-17)18-14-7-5-11-8-13(16)6-4-12(11)9-14/h4-10H,3H2,1-2H3. The first-order chi connectivity index (χ1) is 8.56. The van der Waals surface area contributed by atoms with Crippen LogP contribution in [-0.2, 0) is 4.79 Å². The molecule has 0 amide bonds. The second kappa shape index (κ2) is 5.11. The van der Waals surface area contributed by atoms with Crippen LogP contribution in [0, 0.1) is 0 Å². The number of carbonyl (C=O) groups excluding carboxylic acids is 1. The lowest BCUT2D eigenvalue weighted by atomic mass is 10.1. The number of halogens is 1. The number of hydrogen-bond acceptors (Lipinski definition) is 2. The van der Waals surface area contributed by atoms with Crippen molar-refractivity contribution in [3.8, 4) is 5.75 Å². The molecule has 18 heavy (non-hydrogen) atoms. The van der Waals surface area contributed by atoms with Crippen LogP contribution in [0.15, 0.2) is 40.9 Å². The number of benzene rings is 2. The number of fused-ring (bicyclic) bond motifs is 1. The topological polar surface area (TPSA) is 26.3 Å². The molecule has 2 aromatic carbocycles. The van der Waals surface area contributed by atoms with Crippen molar-refractivity contribution in [2.75, 3.05) is 0 Å². The van der Waals surface area contributed by atoms with Crippen molar-refractivity contribution < 1.29 is 9.53 Å². The van der Waals surface area contributed by atoms with Gasteiger partial charge in [0.2, 0.25) is 0 Å². The van der Waals surface area contributed by atoms with Gasteiger partial charge in [0.1, 0.15) is 5.75 Å². The molecule has 1 unspecified atom stereocenters. The molecular formula is C15H15BrO2. The van der Waals surface area contributed by atoms with Crippen LogP contribution in [0.25, 0.3) is 10.8 Å². The fourth-order valence-electron chi connectivity index (χ4n) is 1.71. The molecule has 2 rings (SSSR count). The Kier molecular flexibility index (Phi) is 3.71. The van der Waals surface area contributed by atoms with E-state index in [1.54, 1.807) is 6.92 Å². The average molecular weight is 307 g/mol. The lowest BCUT2D eigenvalue weighted by Crippen LogP contribution is -2.33. The molecule has 2 nitrogen and oxygen atoms in total. The van der Waals surface area contributed by atoms with Crippen LogP contribution in [0.5, 0.6) is 5.75 Å². The molecule has 94 valence electrons. The Morgan fingerprint density at radius 2 is 1.89 bits per heavy atom. The van der Waals surface area contributed by atoms with E-state index in [2.05, 4.69) is 22.0 Å². The fourth-order valence-corrected chi connectivity index (χ4v) is 2.09. The minimum Gasteiger partial charge on any atom is -0.480 e. The van der Waals surface area contributed by atoms with Crippen molar-refractivity contribution in [3.05, 3.63) is 40.9 Å². The minimum absolute atomic E-state index is 0.648. The predicted octanol–water partition coefficient (Wildman–Crippen LogP) is 4.35. The summed E-state index contributed by atoms with van der Waals surface area (Å²) in [5.41, 5.74) is -0.747. The summed E-state index contributed by atoms with van der Waals surface area (Å²) >= 11 is 3.44. The number of hydrogen-bond donors (Lipinski definition) is 0. The van der Waals surface area contributed by atoms with Gasteiger partial charge in [-0.3, -0.25) is 4.79 Å². The average Bonchev–Trinajstić information content (AvgIpc) is 2.39. The molecular weight excluding hydrogens is 292 g/mol. The van der Waals surface area contributed by atoms with Gasteiger partial charge in [-0.2, -0.15) is 0 Å². The maximum Gasteiger partial charge on any atom is 0.163 e. The van der Waals surface area contributed by atoms with Gasteiger partial charge in [0.05, 0.1) is 0 Å². The Balaban J connectivity index is 2.36. The number of rotatable bonds is 4. The van der Waals surface area contributed by atoms with Crippen LogP contribution < -0.4 is 4.74 Å². The van der Waals surface area contributed by atoms with Crippen molar-refractivity contribution in [2.24, 2.45) is 0 Å². The lowest BCUT2D eigenvalue weighted by molar-refractivity contribution is -0.120. The molecule has 3 heteroatoms. The van der Waals surface area contributed by atoms with Crippen LogP contribution in [0.2, 0.25) is 0 Å². The van der Waals surface area contributed by atoms with Gasteiger partial charge in [-0.05, 0) is 48.4 Å². The van der Waals surface area contributed by atoms with Gasteiger partial charge < -0.3 is 4.74 Å². The van der Waals surface area contributed by atoms with Gasteiger partial charge in [0, 0.05) is 4.47 Å². The van der Waals surface area contributed by atoms with Crippen molar-refractivity contribution in [1.29, 1.82) is 0 Å². The highest BCUT2D eigenvalue weighted by Gasteiger charge is 2.23. The number of carbonyl (C=O) groups is 1. The zero-order valence-corrected chi connectivity index (χ0v) is 12.0. The molecule has 0 radical (unpaired) electrons. The van der Waals surface area contributed by atoms with Crippen molar-refractivity contribution in [3.63, 3.8) is 0 Å². The normalized spacial score (nSPS) is 14.2. The summed E-state index contributed by atoms with van der Waals surface area (Å²) in [6.07, 6.45) is 1.51. The third-order valence-electron chi connectivity index (χ3n) is 3.08. The number of aldehydes is 1. The van der Waals surface area contributed by atoms with E-state index in [1.807, 2.05) is 37.3 Å². The molecule has 1 atom stereocenters.